The van der Waals surface area contributed by atoms with Gasteiger partial charge in [-0.25, -0.2) is 9.37 Å². The lowest BCUT2D eigenvalue weighted by molar-refractivity contribution is -0.122. The summed E-state index contributed by atoms with van der Waals surface area (Å²) in [5.41, 5.74) is 9.96. The first-order valence-corrected chi connectivity index (χ1v) is 12.3. The van der Waals surface area contributed by atoms with Crippen LogP contribution in [0.25, 0.3) is 16.3 Å². The van der Waals surface area contributed by atoms with Crippen molar-refractivity contribution in [3.63, 3.8) is 0 Å². The summed E-state index contributed by atoms with van der Waals surface area (Å²) in [5.74, 6) is -0.717. The van der Waals surface area contributed by atoms with E-state index in [9.17, 15) is 9.18 Å². The van der Waals surface area contributed by atoms with E-state index in [2.05, 4.69) is 34.2 Å². The molecule has 2 aromatic heterocycles. The standard InChI is InChI=1S/C27H28FN3O2S/c28-25-13-8-20(17-33-18-26(29)32)16-22(25)6-2-1-3-7-23-19-34-27(30-23)21-9-11-24(12-10-21)31-14-4-5-15-31/h4-5,8-16,19H,1-3,6-7,17-18H2,(H2,29,32). The summed E-state index contributed by atoms with van der Waals surface area (Å²) in [7, 11) is 0. The number of aryl methyl sites for hydroxylation is 2. The average molecular weight is 478 g/mol. The van der Waals surface area contributed by atoms with Gasteiger partial charge in [0.1, 0.15) is 17.4 Å². The fourth-order valence-corrected chi connectivity index (χ4v) is 4.67. The number of hydrogen-bond donors (Lipinski definition) is 1. The molecule has 0 bridgehead atoms. The lowest BCUT2D eigenvalue weighted by Crippen LogP contribution is -2.17. The van der Waals surface area contributed by atoms with Crippen LogP contribution in [0, 0.1) is 5.82 Å². The molecule has 0 unspecified atom stereocenters. The number of hydrogen-bond acceptors (Lipinski definition) is 4. The third-order valence-electron chi connectivity index (χ3n) is 5.57. The molecule has 4 rings (SSSR count). The van der Waals surface area contributed by atoms with E-state index in [1.54, 1.807) is 17.4 Å². The second kappa shape index (κ2) is 11.7. The van der Waals surface area contributed by atoms with Gasteiger partial charge in [-0.15, -0.1) is 11.3 Å². The van der Waals surface area contributed by atoms with Crippen molar-refractivity contribution in [1.29, 1.82) is 0 Å². The van der Waals surface area contributed by atoms with Crippen LogP contribution in [0.2, 0.25) is 0 Å². The highest BCUT2D eigenvalue weighted by atomic mass is 32.1. The number of halogens is 1. The molecule has 7 heteroatoms. The summed E-state index contributed by atoms with van der Waals surface area (Å²) in [6, 6.07) is 17.4. The van der Waals surface area contributed by atoms with E-state index in [0.717, 1.165) is 53.2 Å². The Bertz CT molecular complexity index is 1200. The molecule has 34 heavy (non-hydrogen) atoms. The van der Waals surface area contributed by atoms with Crippen molar-refractivity contribution in [1.82, 2.24) is 9.55 Å². The van der Waals surface area contributed by atoms with Gasteiger partial charge in [-0.1, -0.05) is 18.6 Å². The Morgan fingerprint density at radius 3 is 2.56 bits per heavy atom. The fourth-order valence-electron chi connectivity index (χ4n) is 3.81. The molecule has 0 aliphatic rings. The smallest absolute Gasteiger partial charge is 0.243 e. The third kappa shape index (κ3) is 6.62. The number of carbonyl (C=O) groups excluding carboxylic acids is 1. The number of primary amides is 1. The van der Waals surface area contributed by atoms with Crippen LogP contribution in [0.15, 0.2) is 72.4 Å². The summed E-state index contributed by atoms with van der Waals surface area (Å²) in [6.07, 6.45) is 8.57. The zero-order valence-electron chi connectivity index (χ0n) is 19.0. The molecule has 0 spiro atoms. The summed E-state index contributed by atoms with van der Waals surface area (Å²) in [4.78, 5) is 15.6. The first-order valence-electron chi connectivity index (χ1n) is 11.4. The van der Waals surface area contributed by atoms with Crippen LogP contribution in [0.1, 0.15) is 36.1 Å². The highest BCUT2D eigenvalue weighted by Gasteiger charge is 2.07. The lowest BCUT2D eigenvalue weighted by atomic mass is 10.0. The lowest BCUT2D eigenvalue weighted by Gasteiger charge is -2.07. The number of carbonyl (C=O) groups is 1. The molecule has 2 N–H and O–H groups in total. The predicted octanol–water partition coefficient (Wildman–Crippen LogP) is 5.70. The van der Waals surface area contributed by atoms with Crippen LogP contribution >= 0.6 is 11.3 Å². The van der Waals surface area contributed by atoms with Gasteiger partial charge < -0.3 is 15.0 Å². The highest BCUT2D eigenvalue weighted by Crippen LogP contribution is 2.26. The SMILES string of the molecule is NC(=O)COCc1ccc(F)c(CCCCCc2csc(-c3ccc(-n4cccc4)cc3)n2)c1. The van der Waals surface area contributed by atoms with E-state index in [4.69, 9.17) is 15.5 Å². The normalized spacial score (nSPS) is 11.1. The van der Waals surface area contributed by atoms with Crippen molar-refractivity contribution in [3.8, 4) is 16.3 Å². The Morgan fingerprint density at radius 2 is 1.79 bits per heavy atom. The van der Waals surface area contributed by atoms with Crippen LogP contribution in [0.3, 0.4) is 0 Å². The summed E-state index contributed by atoms with van der Waals surface area (Å²) in [6.45, 7) is 0.113. The van der Waals surface area contributed by atoms with E-state index in [1.165, 1.54) is 6.07 Å². The number of nitrogens with two attached hydrogens (primary N) is 1. The number of unbranched alkanes of at least 4 members (excludes halogenated alkanes) is 2. The van der Waals surface area contributed by atoms with Crippen molar-refractivity contribution < 1.29 is 13.9 Å². The molecule has 0 radical (unpaired) electrons. The maximum absolute atomic E-state index is 14.1. The van der Waals surface area contributed by atoms with E-state index in [-0.39, 0.29) is 19.0 Å². The Kier molecular flexibility index (Phi) is 8.22. The minimum absolute atomic E-state index is 0.135. The number of nitrogens with zero attached hydrogens (tertiary/aromatic N) is 2. The molecule has 0 fully saturated rings. The zero-order valence-corrected chi connectivity index (χ0v) is 19.8. The molecule has 2 heterocycles. The van der Waals surface area contributed by atoms with Gasteiger partial charge in [-0.3, -0.25) is 4.79 Å². The van der Waals surface area contributed by atoms with Crippen LogP contribution in [0.4, 0.5) is 4.39 Å². The number of thiazole rings is 1. The molecule has 0 atom stereocenters. The van der Waals surface area contributed by atoms with Gasteiger partial charge in [-0.2, -0.15) is 0 Å². The van der Waals surface area contributed by atoms with Gasteiger partial charge in [0.2, 0.25) is 5.91 Å². The maximum Gasteiger partial charge on any atom is 0.243 e. The number of rotatable bonds is 12. The fraction of sp³-hybridized carbons (Fsp3) is 0.259. The quantitative estimate of drug-likeness (QED) is 0.266. The first-order chi connectivity index (χ1) is 16.6. The predicted molar refractivity (Wildman–Crippen MR) is 133 cm³/mol. The highest BCUT2D eigenvalue weighted by molar-refractivity contribution is 7.13. The van der Waals surface area contributed by atoms with Gasteiger partial charge in [0, 0.05) is 29.0 Å². The minimum Gasteiger partial charge on any atom is -0.368 e. The third-order valence-corrected chi connectivity index (χ3v) is 6.51. The topological polar surface area (TPSA) is 70.1 Å². The van der Waals surface area contributed by atoms with Crippen molar-refractivity contribution in [2.45, 2.75) is 38.7 Å². The largest absolute Gasteiger partial charge is 0.368 e. The van der Waals surface area contributed by atoms with Gasteiger partial charge in [-0.05, 0) is 79.3 Å². The molecule has 0 saturated carbocycles. The van der Waals surface area contributed by atoms with Crippen molar-refractivity contribution in [2.24, 2.45) is 5.73 Å². The second-order valence-electron chi connectivity index (χ2n) is 8.23. The number of amides is 1. The summed E-state index contributed by atoms with van der Waals surface area (Å²) < 4.78 is 21.4. The number of aromatic nitrogens is 2. The molecule has 2 aromatic carbocycles. The summed E-state index contributed by atoms with van der Waals surface area (Å²) >= 11 is 1.67. The van der Waals surface area contributed by atoms with Crippen molar-refractivity contribution in [2.75, 3.05) is 6.61 Å². The van der Waals surface area contributed by atoms with Crippen LogP contribution < -0.4 is 5.73 Å². The molecular weight excluding hydrogens is 449 g/mol. The van der Waals surface area contributed by atoms with E-state index in [1.807, 2.05) is 30.6 Å². The molecular formula is C27H28FN3O2S. The monoisotopic (exact) mass is 477 g/mol. The molecule has 5 nitrogen and oxygen atoms in total. The van der Waals surface area contributed by atoms with Crippen molar-refractivity contribution in [3.05, 3.63) is 95.0 Å². The molecule has 176 valence electrons. The van der Waals surface area contributed by atoms with E-state index >= 15 is 0 Å². The van der Waals surface area contributed by atoms with Gasteiger partial charge in [0.25, 0.3) is 0 Å². The van der Waals surface area contributed by atoms with Gasteiger partial charge in [0.15, 0.2) is 0 Å². The number of benzene rings is 2. The average Bonchev–Trinajstić information content (AvgIpc) is 3.53. The zero-order chi connectivity index (χ0) is 23.8. The molecule has 0 aliphatic heterocycles. The Hall–Kier alpha value is -3.29. The van der Waals surface area contributed by atoms with Gasteiger partial charge in [0.05, 0.1) is 12.3 Å². The molecule has 4 aromatic rings. The summed E-state index contributed by atoms with van der Waals surface area (Å²) in [5, 5.41) is 3.16. The Labute approximate surface area is 203 Å². The van der Waals surface area contributed by atoms with Gasteiger partial charge >= 0.3 is 0 Å². The van der Waals surface area contributed by atoms with E-state index in [0.29, 0.717) is 12.0 Å². The van der Waals surface area contributed by atoms with Crippen molar-refractivity contribution >= 4 is 17.2 Å². The second-order valence-corrected chi connectivity index (χ2v) is 9.08. The number of ether oxygens (including phenoxy) is 1. The minimum atomic E-state index is -0.514. The first kappa shape index (κ1) is 23.9. The van der Waals surface area contributed by atoms with Crippen LogP contribution in [-0.2, 0) is 29.0 Å². The molecule has 1 amide bonds. The van der Waals surface area contributed by atoms with E-state index < -0.39 is 5.91 Å². The maximum atomic E-state index is 14.1. The van der Waals surface area contributed by atoms with Crippen LogP contribution in [-0.4, -0.2) is 22.1 Å². The molecule has 0 saturated heterocycles. The Balaban J connectivity index is 1.22. The molecule has 0 aliphatic carbocycles. The Morgan fingerprint density at radius 1 is 1.03 bits per heavy atom. The van der Waals surface area contributed by atoms with Crippen LogP contribution in [0.5, 0.6) is 0 Å².